The molecule has 1 aliphatic heterocycles. The van der Waals surface area contributed by atoms with Gasteiger partial charge < -0.3 is 19.7 Å². The van der Waals surface area contributed by atoms with Gasteiger partial charge in [0.15, 0.2) is 11.5 Å². The fourth-order valence-electron chi connectivity index (χ4n) is 3.05. The lowest BCUT2D eigenvalue weighted by molar-refractivity contribution is 0.171. The molecule has 6 nitrogen and oxygen atoms in total. The van der Waals surface area contributed by atoms with E-state index in [2.05, 4.69) is 10.2 Å². The van der Waals surface area contributed by atoms with E-state index in [0.717, 1.165) is 22.6 Å². The van der Waals surface area contributed by atoms with Crippen molar-refractivity contribution in [2.24, 2.45) is 0 Å². The van der Waals surface area contributed by atoms with Crippen molar-refractivity contribution in [1.29, 1.82) is 0 Å². The summed E-state index contributed by atoms with van der Waals surface area (Å²) in [4.78, 5) is 0. The van der Waals surface area contributed by atoms with Gasteiger partial charge in [-0.1, -0.05) is 6.07 Å². The number of nitrogens with zero attached hydrogens (tertiary/aromatic N) is 1. The second-order valence-corrected chi connectivity index (χ2v) is 6.09. The van der Waals surface area contributed by atoms with E-state index < -0.39 is 0 Å². The summed E-state index contributed by atoms with van der Waals surface area (Å²) in [6, 6.07) is 8.80. The molecule has 3 aromatic rings. The molecule has 0 saturated carbocycles. The topological polar surface area (TPSA) is 87.6 Å². The van der Waals surface area contributed by atoms with Gasteiger partial charge in [-0.05, 0) is 43.2 Å². The van der Waals surface area contributed by atoms with Crippen LogP contribution in [0.1, 0.15) is 11.3 Å². The molecule has 4 rings (SSSR count). The monoisotopic (exact) mass is 338 g/mol. The minimum Gasteiger partial charge on any atom is -0.508 e. The molecule has 2 heterocycles. The fraction of sp³-hybridized carbons (Fsp3) is 0.211. The second-order valence-electron chi connectivity index (χ2n) is 6.09. The minimum atomic E-state index is -0.0200. The van der Waals surface area contributed by atoms with E-state index in [1.165, 1.54) is 6.07 Å². The van der Waals surface area contributed by atoms with Crippen LogP contribution < -0.4 is 9.47 Å². The van der Waals surface area contributed by atoms with Crippen molar-refractivity contribution in [2.75, 3.05) is 13.2 Å². The summed E-state index contributed by atoms with van der Waals surface area (Å²) in [7, 11) is 0. The first-order chi connectivity index (χ1) is 12.0. The molecule has 128 valence electrons. The summed E-state index contributed by atoms with van der Waals surface area (Å²) in [5.74, 6) is 1.45. The third-order valence-corrected chi connectivity index (χ3v) is 4.35. The number of hydrogen-bond donors (Lipinski definition) is 3. The van der Waals surface area contributed by atoms with Gasteiger partial charge in [0, 0.05) is 22.9 Å². The van der Waals surface area contributed by atoms with Crippen molar-refractivity contribution in [3.63, 3.8) is 0 Å². The Morgan fingerprint density at radius 1 is 0.960 bits per heavy atom. The number of hydrogen-bond acceptors (Lipinski definition) is 5. The number of benzene rings is 2. The standard InChI is InChI=1S/C19H18N2O4/c1-10-7-13(15(23)9-14(10)22)19-18(11(2)20-21-19)12-3-4-16-17(8-12)25-6-5-24-16/h3-4,7-9,22-23H,5-6H2,1-2H3,(H,20,21). The molecule has 0 atom stereocenters. The molecule has 0 unspecified atom stereocenters. The molecule has 0 saturated heterocycles. The highest BCUT2D eigenvalue weighted by atomic mass is 16.6. The fourth-order valence-corrected chi connectivity index (χ4v) is 3.05. The Morgan fingerprint density at radius 3 is 2.52 bits per heavy atom. The maximum Gasteiger partial charge on any atom is 0.161 e. The van der Waals surface area contributed by atoms with Crippen molar-refractivity contribution in [1.82, 2.24) is 10.2 Å². The number of nitrogens with one attached hydrogen (secondary N) is 1. The normalized spacial score (nSPS) is 13.0. The van der Waals surface area contributed by atoms with Crippen molar-refractivity contribution < 1.29 is 19.7 Å². The molecular formula is C19H18N2O4. The minimum absolute atomic E-state index is 0.0200. The SMILES string of the molecule is Cc1cc(-c2n[nH]c(C)c2-c2ccc3c(c2)OCCO3)c(O)cc1O. The van der Waals surface area contributed by atoms with Gasteiger partial charge in [0.2, 0.25) is 0 Å². The second kappa shape index (κ2) is 5.73. The Morgan fingerprint density at radius 2 is 1.72 bits per heavy atom. The lowest BCUT2D eigenvalue weighted by Crippen LogP contribution is -2.15. The third-order valence-electron chi connectivity index (χ3n) is 4.35. The maximum absolute atomic E-state index is 10.3. The van der Waals surface area contributed by atoms with Gasteiger partial charge in [-0.3, -0.25) is 5.10 Å². The van der Waals surface area contributed by atoms with Crippen LogP contribution in [0.5, 0.6) is 23.0 Å². The largest absolute Gasteiger partial charge is 0.508 e. The van der Waals surface area contributed by atoms with Crippen molar-refractivity contribution in [3.8, 4) is 45.4 Å². The van der Waals surface area contributed by atoms with Gasteiger partial charge in [-0.25, -0.2) is 0 Å². The summed E-state index contributed by atoms with van der Waals surface area (Å²) in [6.45, 7) is 4.77. The zero-order valence-electron chi connectivity index (χ0n) is 14.0. The number of aromatic amines is 1. The highest BCUT2D eigenvalue weighted by molar-refractivity contribution is 5.86. The van der Waals surface area contributed by atoms with Crippen LogP contribution in [0.25, 0.3) is 22.4 Å². The van der Waals surface area contributed by atoms with E-state index in [1.54, 1.807) is 13.0 Å². The maximum atomic E-state index is 10.3. The van der Waals surface area contributed by atoms with Crippen LogP contribution in [0, 0.1) is 13.8 Å². The number of fused-ring (bicyclic) bond motifs is 1. The molecule has 0 bridgehead atoms. The van der Waals surface area contributed by atoms with E-state index in [4.69, 9.17) is 9.47 Å². The average molecular weight is 338 g/mol. The average Bonchev–Trinajstić information content (AvgIpc) is 2.99. The van der Waals surface area contributed by atoms with Crippen LogP contribution in [-0.2, 0) is 0 Å². The van der Waals surface area contributed by atoms with E-state index in [-0.39, 0.29) is 11.5 Å². The van der Waals surface area contributed by atoms with Gasteiger partial charge in [0.25, 0.3) is 0 Å². The molecule has 1 aromatic heterocycles. The van der Waals surface area contributed by atoms with Crippen LogP contribution in [0.4, 0.5) is 0 Å². The van der Waals surface area contributed by atoms with Crippen LogP contribution in [0.3, 0.4) is 0 Å². The summed E-state index contributed by atoms with van der Waals surface area (Å²) in [6.07, 6.45) is 0. The zero-order chi connectivity index (χ0) is 17.6. The number of H-pyrrole nitrogens is 1. The number of ether oxygens (including phenoxy) is 2. The van der Waals surface area contributed by atoms with E-state index >= 15 is 0 Å². The molecule has 0 fully saturated rings. The highest BCUT2D eigenvalue weighted by Gasteiger charge is 2.20. The molecule has 0 amide bonds. The van der Waals surface area contributed by atoms with Crippen LogP contribution in [0.15, 0.2) is 30.3 Å². The molecule has 6 heteroatoms. The lowest BCUT2D eigenvalue weighted by atomic mass is 9.97. The lowest BCUT2D eigenvalue weighted by Gasteiger charge is -2.19. The molecule has 0 aliphatic carbocycles. The molecule has 3 N–H and O–H groups in total. The number of aromatic nitrogens is 2. The Kier molecular flexibility index (Phi) is 3.53. The smallest absolute Gasteiger partial charge is 0.161 e. The van der Waals surface area contributed by atoms with E-state index in [0.29, 0.717) is 35.8 Å². The van der Waals surface area contributed by atoms with Crippen LogP contribution in [0.2, 0.25) is 0 Å². The zero-order valence-corrected chi connectivity index (χ0v) is 14.0. The van der Waals surface area contributed by atoms with Crippen LogP contribution in [-0.4, -0.2) is 33.6 Å². The summed E-state index contributed by atoms with van der Waals surface area (Å²) < 4.78 is 11.2. The molecule has 0 radical (unpaired) electrons. The van der Waals surface area contributed by atoms with Crippen molar-refractivity contribution >= 4 is 0 Å². The van der Waals surface area contributed by atoms with Gasteiger partial charge in [0.1, 0.15) is 30.4 Å². The van der Waals surface area contributed by atoms with Crippen LogP contribution >= 0.6 is 0 Å². The molecule has 0 spiro atoms. The molecule has 1 aliphatic rings. The predicted molar refractivity (Wildman–Crippen MR) is 93.3 cm³/mol. The Balaban J connectivity index is 1.88. The van der Waals surface area contributed by atoms with Crippen molar-refractivity contribution in [3.05, 3.63) is 41.6 Å². The number of phenols is 2. The first-order valence-electron chi connectivity index (χ1n) is 8.02. The number of phenolic OH excluding ortho intramolecular Hbond substituents is 2. The van der Waals surface area contributed by atoms with Gasteiger partial charge in [-0.15, -0.1) is 0 Å². The molecule has 2 aromatic carbocycles. The first kappa shape index (κ1) is 15.4. The van der Waals surface area contributed by atoms with Crippen molar-refractivity contribution in [2.45, 2.75) is 13.8 Å². The quantitative estimate of drug-likeness (QED) is 0.665. The molecular weight excluding hydrogens is 320 g/mol. The Bertz CT molecular complexity index is 962. The third kappa shape index (κ3) is 2.55. The summed E-state index contributed by atoms with van der Waals surface area (Å²) >= 11 is 0. The summed E-state index contributed by atoms with van der Waals surface area (Å²) in [5.41, 5.74) is 4.51. The molecule has 25 heavy (non-hydrogen) atoms. The number of rotatable bonds is 2. The van der Waals surface area contributed by atoms with Gasteiger partial charge in [0.05, 0.1) is 0 Å². The van der Waals surface area contributed by atoms with Gasteiger partial charge in [-0.2, -0.15) is 5.10 Å². The number of aromatic hydroxyl groups is 2. The first-order valence-corrected chi connectivity index (χ1v) is 8.02. The van der Waals surface area contributed by atoms with E-state index in [9.17, 15) is 10.2 Å². The van der Waals surface area contributed by atoms with E-state index in [1.807, 2.05) is 25.1 Å². The Hall–Kier alpha value is -3.15. The number of aryl methyl sites for hydroxylation is 2. The van der Waals surface area contributed by atoms with Gasteiger partial charge >= 0.3 is 0 Å². The predicted octanol–water partition coefficient (Wildman–Crippen LogP) is 3.54. The highest BCUT2D eigenvalue weighted by Crippen LogP contribution is 2.42. The Labute approximate surface area is 144 Å². The summed E-state index contributed by atoms with van der Waals surface area (Å²) in [5, 5.41) is 27.4.